The average molecular weight is 285 g/mol. The second kappa shape index (κ2) is 7.29. The third kappa shape index (κ3) is 4.09. The number of aryl methyl sites for hydroxylation is 3. The van der Waals surface area contributed by atoms with E-state index in [1.807, 2.05) is 13.8 Å². The van der Waals surface area contributed by atoms with Crippen molar-refractivity contribution in [2.24, 2.45) is 0 Å². The van der Waals surface area contributed by atoms with E-state index in [9.17, 15) is 0 Å². The average Bonchev–Trinajstić information content (AvgIpc) is 2.46. The van der Waals surface area contributed by atoms with Crippen LogP contribution in [0, 0.1) is 20.8 Å². The van der Waals surface area contributed by atoms with E-state index < -0.39 is 0 Å². The van der Waals surface area contributed by atoms with E-state index in [0.717, 1.165) is 35.9 Å². The van der Waals surface area contributed by atoms with Crippen LogP contribution in [-0.2, 0) is 11.3 Å². The SMILES string of the molecule is COCCNCc1c(C)nc(-c2ccc(C)cc2)nc1C. The summed E-state index contributed by atoms with van der Waals surface area (Å²) >= 11 is 0. The van der Waals surface area contributed by atoms with E-state index in [4.69, 9.17) is 4.74 Å². The topological polar surface area (TPSA) is 47.0 Å². The summed E-state index contributed by atoms with van der Waals surface area (Å²) in [6.45, 7) is 8.47. The van der Waals surface area contributed by atoms with E-state index in [1.165, 1.54) is 11.1 Å². The lowest BCUT2D eigenvalue weighted by atomic mass is 10.1. The Balaban J connectivity index is 2.18. The van der Waals surface area contributed by atoms with Crippen molar-refractivity contribution in [1.82, 2.24) is 15.3 Å². The molecule has 0 bridgehead atoms. The van der Waals surface area contributed by atoms with Crippen molar-refractivity contribution in [3.05, 3.63) is 46.8 Å². The third-order valence-corrected chi connectivity index (χ3v) is 3.52. The van der Waals surface area contributed by atoms with Gasteiger partial charge in [-0.25, -0.2) is 9.97 Å². The molecule has 1 N–H and O–H groups in total. The summed E-state index contributed by atoms with van der Waals surface area (Å²) in [6, 6.07) is 8.31. The second-order valence-electron chi connectivity index (χ2n) is 5.23. The highest BCUT2D eigenvalue weighted by Gasteiger charge is 2.09. The predicted molar refractivity (Wildman–Crippen MR) is 85.3 cm³/mol. The lowest BCUT2D eigenvalue weighted by Crippen LogP contribution is -2.20. The normalized spacial score (nSPS) is 10.9. The molecule has 2 rings (SSSR count). The first-order valence-corrected chi connectivity index (χ1v) is 7.22. The molecular formula is C17H23N3O. The molecule has 1 aromatic carbocycles. The van der Waals surface area contributed by atoms with E-state index in [-0.39, 0.29) is 0 Å². The van der Waals surface area contributed by atoms with E-state index in [0.29, 0.717) is 6.61 Å². The highest BCUT2D eigenvalue weighted by Crippen LogP contribution is 2.19. The Morgan fingerprint density at radius 2 is 1.62 bits per heavy atom. The van der Waals surface area contributed by atoms with Gasteiger partial charge < -0.3 is 10.1 Å². The van der Waals surface area contributed by atoms with Gasteiger partial charge in [0.2, 0.25) is 0 Å². The molecule has 0 saturated carbocycles. The maximum atomic E-state index is 5.03. The van der Waals surface area contributed by atoms with Gasteiger partial charge in [0.1, 0.15) is 0 Å². The predicted octanol–water partition coefficient (Wildman–Crippen LogP) is 2.80. The molecule has 112 valence electrons. The van der Waals surface area contributed by atoms with E-state index in [1.54, 1.807) is 7.11 Å². The molecule has 0 saturated heterocycles. The van der Waals surface area contributed by atoms with Crippen LogP contribution in [0.3, 0.4) is 0 Å². The smallest absolute Gasteiger partial charge is 0.159 e. The van der Waals surface area contributed by atoms with Gasteiger partial charge in [0.25, 0.3) is 0 Å². The molecule has 0 aliphatic rings. The second-order valence-corrected chi connectivity index (χ2v) is 5.23. The first-order valence-electron chi connectivity index (χ1n) is 7.22. The van der Waals surface area contributed by atoms with Crippen molar-refractivity contribution in [2.75, 3.05) is 20.3 Å². The van der Waals surface area contributed by atoms with Gasteiger partial charge in [0.05, 0.1) is 6.61 Å². The number of rotatable bonds is 6. The summed E-state index contributed by atoms with van der Waals surface area (Å²) in [4.78, 5) is 9.30. The minimum atomic E-state index is 0.709. The minimum Gasteiger partial charge on any atom is -0.383 e. The Morgan fingerprint density at radius 3 is 2.19 bits per heavy atom. The quantitative estimate of drug-likeness (QED) is 0.829. The van der Waals surface area contributed by atoms with Crippen LogP contribution in [0.15, 0.2) is 24.3 Å². The molecule has 4 nitrogen and oxygen atoms in total. The molecule has 0 atom stereocenters. The van der Waals surface area contributed by atoms with Gasteiger partial charge in [0, 0.05) is 42.7 Å². The lowest BCUT2D eigenvalue weighted by Gasteiger charge is -2.12. The van der Waals surface area contributed by atoms with Gasteiger partial charge >= 0.3 is 0 Å². The van der Waals surface area contributed by atoms with Crippen LogP contribution in [0.5, 0.6) is 0 Å². The first kappa shape index (κ1) is 15.6. The fourth-order valence-corrected chi connectivity index (χ4v) is 2.21. The maximum Gasteiger partial charge on any atom is 0.159 e. The fraction of sp³-hybridized carbons (Fsp3) is 0.412. The monoisotopic (exact) mass is 285 g/mol. The Labute approximate surface area is 126 Å². The number of hydrogen-bond donors (Lipinski definition) is 1. The zero-order valence-corrected chi connectivity index (χ0v) is 13.2. The molecule has 1 aromatic heterocycles. The van der Waals surface area contributed by atoms with Crippen LogP contribution in [-0.4, -0.2) is 30.2 Å². The van der Waals surface area contributed by atoms with Gasteiger partial charge in [-0.3, -0.25) is 0 Å². The van der Waals surface area contributed by atoms with Crippen LogP contribution in [0.25, 0.3) is 11.4 Å². The van der Waals surface area contributed by atoms with Crippen LogP contribution in [0.4, 0.5) is 0 Å². The van der Waals surface area contributed by atoms with Crippen molar-refractivity contribution < 1.29 is 4.74 Å². The molecule has 1 heterocycles. The number of methoxy groups -OCH3 is 1. The van der Waals surface area contributed by atoms with Gasteiger partial charge in [-0.15, -0.1) is 0 Å². The highest BCUT2D eigenvalue weighted by atomic mass is 16.5. The van der Waals surface area contributed by atoms with Crippen LogP contribution in [0.1, 0.15) is 22.5 Å². The molecule has 0 fully saturated rings. The van der Waals surface area contributed by atoms with Gasteiger partial charge in [-0.05, 0) is 20.8 Å². The molecule has 0 aliphatic heterocycles. The van der Waals surface area contributed by atoms with Gasteiger partial charge in [-0.2, -0.15) is 0 Å². The molecule has 0 amide bonds. The van der Waals surface area contributed by atoms with Crippen LogP contribution in [0.2, 0.25) is 0 Å². The number of ether oxygens (including phenoxy) is 1. The molecule has 21 heavy (non-hydrogen) atoms. The summed E-state index contributed by atoms with van der Waals surface area (Å²) in [5.41, 5.74) is 5.53. The number of nitrogens with zero attached hydrogens (tertiary/aromatic N) is 2. The summed E-state index contributed by atoms with van der Waals surface area (Å²) < 4.78 is 5.03. The number of nitrogens with one attached hydrogen (secondary N) is 1. The molecule has 4 heteroatoms. The number of aromatic nitrogens is 2. The summed E-state index contributed by atoms with van der Waals surface area (Å²) in [6.07, 6.45) is 0. The molecule has 2 aromatic rings. The Kier molecular flexibility index (Phi) is 5.42. The number of benzene rings is 1. The Hall–Kier alpha value is -1.78. The molecule has 0 aliphatic carbocycles. The molecule has 0 spiro atoms. The summed E-state index contributed by atoms with van der Waals surface area (Å²) in [5.74, 6) is 0.797. The van der Waals surface area contributed by atoms with Crippen molar-refractivity contribution in [2.45, 2.75) is 27.3 Å². The maximum absolute atomic E-state index is 5.03. The molecular weight excluding hydrogens is 262 g/mol. The van der Waals surface area contributed by atoms with E-state index in [2.05, 4.69) is 46.5 Å². The standard InChI is InChI=1S/C17H23N3O/c1-12-5-7-15(8-6-12)17-19-13(2)16(14(3)20-17)11-18-9-10-21-4/h5-8,18H,9-11H2,1-4H3. The fourth-order valence-electron chi connectivity index (χ4n) is 2.21. The molecule has 0 radical (unpaired) electrons. The first-order chi connectivity index (χ1) is 10.1. The molecule has 0 unspecified atom stereocenters. The highest BCUT2D eigenvalue weighted by molar-refractivity contribution is 5.56. The Morgan fingerprint density at radius 1 is 1.00 bits per heavy atom. The van der Waals surface area contributed by atoms with Crippen LogP contribution < -0.4 is 5.32 Å². The zero-order valence-electron chi connectivity index (χ0n) is 13.2. The van der Waals surface area contributed by atoms with Crippen molar-refractivity contribution in [1.29, 1.82) is 0 Å². The lowest BCUT2D eigenvalue weighted by molar-refractivity contribution is 0.199. The summed E-state index contributed by atoms with van der Waals surface area (Å²) in [5, 5.41) is 3.35. The van der Waals surface area contributed by atoms with E-state index >= 15 is 0 Å². The minimum absolute atomic E-state index is 0.709. The van der Waals surface area contributed by atoms with Gasteiger partial charge in [-0.1, -0.05) is 29.8 Å². The third-order valence-electron chi connectivity index (χ3n) is 3.52. The van der Waals surface area contributed by atoms with Crippen molar-refractivity contribution in [3.8, 4) is 11.4 Å². The van der Waals surface area contributed by atoms with Gasteiger partial charge in [0.15, 0.2) is 5.82 Å². The Bertz CT molecular complexity index is 570. The summed E-state index contributed by atoms with van der Waals surface area (Å²) in [7, 11) is 1.71. The zero-order chi connectivity index (χ0) is 15.2. The van der Waals surface area contributed by atoms with Crippen LogP contribution >= 0.6 is 0 Å². The van der Waals surface area contributed by atoms with Crippen molar-refractivity contribution >= 4 is 0 Å². The van der Waals surface area contributed by atoms with Crippen molar-refractivity contribution in [3.63, 3.8) is 0 Å². The number of hydrogen-bond acceptors (Lipinski definition) is 4. The largest absolute Gasteiger partial charge is 0.383 e.